The van der Waals surface area contributed by atoms with Gasteiger partial charge in [-0.3, -0.25) is 0 Å². The standard InChI is InChI=1S/C17H11ClF2N4O2S2/c18-9-1-6-12-15(7-9)27-17(22-12)14-8-13(16(19)20)23-24(14)10-2-4-11(5-3-10)28(21,25)26/h1-8,16H,(H2,21,25,26). The second-order valence-electron chi connectivity index (χ2n) is 5.84. The van der Waals surface area contributed by atoms with Gasteiger partial charge in [-0.15, -0.1) is 11.3 Å². The summed E-state index contributed by atoms with van der Waals surface area (Å²) >= 11 is 7.29. The van der Waals surface area contributed by atoms with Crippen molar-refractivity contribution in [2.45, 2.75) is 11.3 Å². The van der Waals surface area contributed by atoms with Gasteiger partial charge in [0, 0.05) is 5.02 Å². The van der Waals surface area contributed by atoms with Gasteiger partial charge in [-0.2, -0.15) is 5.10 Å². The number of nitrogens with two attached hydrogens (primary N) is 1. The maximum Gasteiger partial charge on any atom is 0.282 e. The summed E-state index contributed by atoms with van der Waals surface area (Å²) in [6.45, 7) is 0. The van der Waals surface area contributed by atoms with Crippen LogP contribution in [-0.2, 0) is 10.0 Å². The highest BCUT2D eigenvalue weighted by atomic mass is 35.5. The first kappa shape index (κ1) is 18.9. The third kappa shape index (κ3) is 3.51. The van der Waals surface area contributed by atoms with Crippen molar-refractivity contribution < 1.29 is 17.2 Å². The lowest BCUT2D eigenvalue weighted by Crippen LogP contribution is -2.12. The Morgan fingerprint density at radius 2 is 1.82 bits per heavy atom. The molecule has 2 N–H and O–H groups in total. The van der Waals surface area contributed by atoms with Crippen LogP contribution in [0.15, 0.2) is 53.4 Å². The number of hydrogen-bond donors (Lipinski definition) is 1. The molecule has 2 heterocycles. The fourth-order valence-electron chi connectivity index (χ4n) is 2.64. The van der Waals surface area contributed by atoms with Gasteiger partial charge in [0.05, 0.1) is 20.8 Å². The van der Waals surface area contributed by atoms with Crippen LogP contribution < -0.4 is 5.14 Å². The molecule has 0 amide bonds. The molecule has 0 unspecified atom stereocenters. The van der Waals surface area contributed by atoms with Crippen molar-refractivity contribution in [1.29, 1.82) is 0 Å². The summed E-state index contributed by atoms with van der Waals surface area (Å²) in [5, 5.41) is 10.1. The third-order valence-corrected chi connectivity index (χ3v) is 6.14. The second-order valence-corrected chi connectivity index (χ2v) is 8.87. The third-order valence-electron chi connectivity index (χ3n) is 3.93. The zero-order valence-corrected chi connectivity index (χ0v) is 16.3. The number of fused-ring (bicyclic) bond motifs is 1. The number of thiazole rings is 1. The van der Waals surface area contributed by atoms with E-state index >= 15 is 0 Å². The smallest absolute Gasteiger partial charge is 0.234 e. The fourth-order valence-corrected chi connectivity index (χ4v) is 4.40. The number of rotatable bonds is 4. The van der Waals surface area contributed by atoms with E-state index in [-0.39, 0.29) is 4.90 Å². The Bertz CT molecular complexity index is 1280. The monoisotopic (exact) mass is 440 g/mol. The summed E-state index contributed by atoms with van der Waals surface area (Å²) in [5.74, 6) is 0. The topological polar surface area (TPSA) is 90.9 Å². The van der Waals surface area contributed by atoms with Crippen molar-refractivity contribution in [3.05, 3.63) is 59.2 Å². The number of hydrogen-bond acceptors (Lipinski definition) is 5. The Morgan fingerprint density at radius 3 is 2.46 bits per heavy atom. The summed E-state index contributed by atoms with van der Waals surface area (Å²) in [6, 6.07) is 11.9. The molecule has 2 aromatic heterocycles. The molecule has 0 saturated heterocycles. The van der Waals surface area contributed by atoms with E-state index in [1.54, 1.807) is 18.2 Å². The lowest BCUT2D eigenvalue weighted by Gasteiger charge is -2.06. The second kappa shape index (κ2) is 6.89. The summed E-state index contributed by atoms with van der Waals surface area (Å²) in [5.41, 5.74) is 1.02. The van der Waals surface area contributed by atoms with Crippen molar-refractivity contribution in [3.63, 3.8) is 0 Å². The lowest BCUT2D eigenvalue weighted by atomic mass is 10.3. The molecule has 0 saturated carbocycles. The van der Waals surface area contributed by atoms with Crippen LogP contribution in [0.5, 0.6) is 0 Å². The van der Waals surface area contributed by atoms with Gasteiger partial charge in [-0.1, -0.05) is 11.6 Å². The highest BCUT2D eigenvalue weighted by Gasteiger charge is 2.20. The number of nitrogens with zero attached hydrogens (tertiary/aromatic N) is 3. The predicted molar refractivity (Wildman–Crippen MR) is 104 cm³/mol. The number of sulfonamides is 1. The van der Waals surface area contributed by atoms with E-state index in [0.717, 1.165) is 4.70 Å². The molecule has 144 valence electrons. The molecule has 0 atom stereocenters. The van der Waals surface area contributed by atoms with Crippen LogP contribution in [0.25, 0.3) is 26.6 Å². The van der Waals surface area contributed by atoms with Crippen molar-refractivity contribution in [2.75, 3.05) is 0 Å². The number of halogens is 3. The molecule has 0 bridgehead atoms. The Hall–Kier alpha value is -2.40. The van der Waals surface area contributed by atoms with Crippen LogP contribution >= 0.6 is 22.9 Å². The van der Waals surface area contributed by atoms with Gasteiger partial charge in [-0.25, -0.2) is 32.0 Å². The molecule has 0 aliphatic rings. The van der Waals surface area contributed by atoms with E-state index in [1.807, 2.05) is 0 Å². The Kier molecular flexibility index (Phi) is 4.66. The van der Waals surface area contributed by atoms with E-state index in [0.29, 0.717) is 26.9 Å². The van der Waals surface area contributed by atoms with Crippen LogP contribution in [0.3, 0.4) is 0 Å². The van der Waals surface area contributed by atoms with Gasteiger partial charge in [0.2, 0.25) is 10.0 Å². The van der Waals surface area contributed by atoms with E-state index in [4.69, 9.17) is 16.7 Å². The SMILES string of the molecule is NS(=O)(=O)c1ccc(-n2nc(C(F)F)cc2-c2nc3ccc(Cl)cc3s2)cc1. The number of primary sulfonamides is 1. The summed E-state index contributed by atoms with van der Waals surface area (Å²) in [4.78, 5) is 4.39. The molecule has 0 radical (unpaired) electrons. The van der Waals surface area contributed by atoms with E-state index < -0.39 is 22.1 Å². The van der Waals surface area contributed by atoms with Crippen LogP contribution in [0, 0.1) is 0 Å². The molecule has 11 heteroatoms. The normalized spacial score (nSPS) is 12.2. The lowest BCUT2D eigenvalue weighted by molar-refractivity contribution is 0.145. The molecule has 0 aliphatic heterocycles. The Balaban J connectivity index is 1.87. The first-order valence-corrected chi connectivity index (χ1v) is 10.5. The first-order valence-electron chi connectivity index (χ1n) is 7.80. The van der Waals surface area contributed by atoms with E-state index in [9.17, 15) is 17.2 Å². The molecular weight excluding hydrogens is 430 g/mol. The number of alkyl halides is 2. The molecule has 28 heavy (non-hydrogen) atoms. The first-order chi connectivity index (χ1) is 13.2. The van der Waals surface area contributed by atoms with Crippen LogP contribution in [-0.4, -0.2) is 23.2 Å². The molecule has 2 aromatic carbocycles. The van der Waals surface area contributed by atoms with Crippen molar-refractivity contribution in [2.24, 2.45) is 5.14 Å². The molecule has 4 rings (SSSR count). The highest BCUT2D eigenvalue weighted by Crippen LogP contribution is 2.34. The number of benzene rings is 2. The van der Waals surface area contributed by atoms with Crippen LogP contribution in [0.2, 0.25) is 5.02 Å². The predicted octanol–water partition coefficient (Wildman–Crippen LogP) is 4.39. The van der Waals surface area contributed by atoms with Gasteiger partial charge in [0.15, 0.2) is 0 Å². The van der Waals surface area contributed by atoms with Gasteiger partial charge in [-0.05, 0) is 48.5 Å². The van der Waals surface area contributed by atoms with Crippen molar-refractivity contribution in [1.82, 2.24) is 14.8 Å². The maximum absolute atomic E-state index is 13.3. The summed E-state index contributed by atoms with van der Waals surface area (Å²) in [6.07, 6.45) is -2.77. The van der Waals surface area contributed by atoms with Gasteiger partial charge >= 0.3 is 0 Å². The quantitative estimate of drug-likeness (QED) is 0.509. The zero-order chi connectivity index (χ0) is 20.1. The fraction of sp³-hybridized carbons (Fsp3) is 0.0588. The molecule has 0 fully saturated rings. The van der Waals surface area contributed by atoms with Gasteiger partial charge in [0.25, 0.3) is 6.43 Å². The van der Waals surface area contributed by atoms with E-state index in [2.05, 4.69) is 10.1 Å². The Labute approximate surface area is 167 Å². The molecule has 6 nitrogen and oxygen atoms in total. The highest BCUT2D eigenvalue weighted by molar-refractivity contribution is 7.89. The average Bonchev–Trinajstić information content (AvgIpc) is 3.24. The summed E-state index contributed by atoms with van der Waals surface area (Å²) in [7, 11) is -3.87. The van der Waals surface area contributed by atoms with Crippen molar-refractivity contribution >= 4 is 43.2 Å². The van der Waals surface area contributed by atoms with Gasteiger partial charge in [0.1, 0.15) is 16.4 Å². The van der Waals surface area contributed by atoms with Crippen LogP contribution in [0.4, 0.5) is 8.78 Å². The number of aromatic nitrogens is 3. The summed E-state index contributed by atoms with van der Waals surface area (Å²) < 4.78 is 51.5. The largest absolute Gasteiger partial charge is 0.282 e. The maximum atomic E-state index is 13.3. The molecular formula is C17H11ClF2N4O2S2. The minimum absolute atomic E-state index is 0.0892. The minimum atomic E-state index is -3.87. The molecule has 4 aromatic rings. The minimum Gasteiger partial charge on any atom is -0.234 e. The van der Waals surface area contributed by atoms with Gasteiger partial charge < -0.3 is 0 Å². The van der Waals surface area contributed by atoms with E-state index in [1.165, 1.54) is 46.4 Å². The van der Waals surface area contributed by atoms with Crippen LogP contribution in [0.1, 0.15) is 12.1 Å². The zero-order valence-electron chi connectivity index (χ0n) is 13.9. The average molecular weight is 441 g/mol. The Morgan fingerprint density at radius 1 is 1.11 bits per heavy atom. The molecule has 0 spiro atoms. The molecule has 0 aliphatic carbocycles. The van der Waals surface area contributed by atoms with Crippen molar-refractivity contribution in [3.8, 4) is 16.4 Å².